The number of benzene rings is 1. The fraction of sp³-hybridized carbons (Fsp3) is 0.600. The molecule has 0 amide bonds. The summed E-state index contributed by atoms with van der Waals surface area (Å²) in [5, 5.41) is 4.10. The average Bonchev–Trinajstić information content (AvgIpc) is 2.34. The van der Waals surface area contributed by atoms with Gasteiger partial charge in [-0.25, -0.2) is 0 Å². The Labute approximate surface area is 130 Å². The van der Waals surface area contributed by atoms with Gasteiger partial charge in [0.1, 0.15) is 12.4 Å². The lowest BCUT2D eigenvalue weighted by atomic mass is 10.0. The molecule has 0 spiro atoms. The largest absolute Gasteiger partial charge is 0.491 e. The fourth-order valence-electron chi connectivity index (χ4n) is 1.74. The van der Waals surface area contributed by atoms with E-state index in [-0.39, 0.29) is 0 Å². The highest BCUT2D eigenvalue weighted by Crippen LogP contribution is 2.27. The highest BCUT2D eigenvalue weighted by atomic mass is 79.9. The van der Waals surface area contributed by atoms with Crippen molar-refractivity contribution < 1.29 is 4.74 Å². The molecule has 0 saturated heterocycles. The van der Waals surface area contributed by atoms with Crippen molar-refractivity contribution in [3.8, 4) is 5.75 Å². The van der Waals surface area contributed by atoms with Crippen molar-refractivity contribution in [2.45, 2.75) is 39.7 Å². The molecule has 2 nitrogen and oxygen atoms in total. The zero-order valence-electron chi connectivity index (χ0n) is 11.9. The number of ether oxygens (including phenoxy) is 1. The first-order chi connectivity index (χ1) is 8.99. The van der Waals surface area contributed by atoms with E-state index in [2.05, 4.69) is 42.0 Å². The summed E-state index contributed by atoms with van der Waals surface area (Å²) in [6.07, 6.45) is 2.46. The van der Waals surface area contributed by atoms with E-state index in [9.17, 15) is 0 Å². The highest BCUT2D eigenvalue weighted by molar-refractivity contribution is 9.10. The number of halogens is 2. The van der Waals surface area contributed by atoms with Crippen molar-refractivity contribution in [2.75, 3.05) is 13.2 Å². The maximum absolute atomic E-state index is 6.08. The van der Waals surface area contributed by atoms with Gasteiger partial charge >= 0.3 is 0 Å². The van der Waals surface area contributed by atoms with Crippen LogP contribution in [0, 0.1) is 5.92 Å². The van der Waals surface area contributed by atoms with Crippen LogP contribution in [0.4, 0.5) is 0 Å². The van der Waals surface area contributed by atoms with Crippen LogP contribution in [0.1, 0.15) is 33.6 Å². The summed E-state index contributed by atoms with van der Waals surface area (Å²) in [6, 6.07) is 6.19. The zero-order valence-corrected chi connectivity index (χ0v) is 14.2. The molecule has 1 unspecified atom stereocenters. The Morgan fingerprint density at radius 2 is 2.00 bits per heavy atom. The fourth-order valence-corrected chi connectivity index (χ4v) is 2.47. The Bertz CT molecular complexity index is 384. The molecular weight excluding hydrogens is 326 g/mol. The van der Waals surface area contributed by atoms with Crippen molar-refractivity contribution in [3.63, 3.8) is 0 Å². The van der Waals surface area contributed by atoms with E-state index in [0.717, 1.165) is 22.7 Å². The number of hydrogen-bond donors (Lipinski definition) is 1. The minimum Gasteiger partial charge on any atom is -0.491 e. The van der Waals surface area contributed by atoms with E-state index in [1.165, 1.54) is 12.8 Å². The van der Waals surface area contributed by atoms with E-state index in [1.807, 2.05) is 18.2 Å². The standard InChI is InChI=1S/C15H23BrClNO/c1-11(2)4-5-12(3)18-8-9-19-15-7-6-13(16)10-14(15)17/h6-7,10-12,18H,4-5,8-9H2,1-3H3. The lowest BCUT2D eigenvalue weighted by molar-refractivity contribution is 0.303. The maximum Gasteiger partial charge on any atom is 0.138 e. The van der Waals surface area contributed by atoms with Crippen molar-refractivity contribution in [2.24, 2.45) is 5.92 Å². The summed E-state index contributed by atoms with van der Waals surface area (Å²) in [7, 11) is 0. The van der Waals surface area contributed by atoms with Crippen LogP contribution in [0.25, 0.3) is 0 Å². The monoisotopic (exact) mass is 347 g/mol. The Kier molecular flexibility index (Phi) is 7.81. The molecule has 0 aromatic heterocycles. The molecule has 0 saturated carbocycles. The summed E-state index contributed by atoms with van der Waals surface area (Å²) in [6.45, 7) is 8.20. The molecular formula is C15H23BrClNO. The quantitative estimate of drug-likeness (QED) is 0.675. The van der Waals surface area contributed by atoms with Gasteiger partial charge in [-0.15, -0.1) is 0 Å². The molecule has 0 fully saturated rings. The van der Waals surface area contributed by atoms with Gasteiger partial charge in [-0.1, -0.05) is 41.4 Å². The van der Waals surface area contributed by atoms with Crippen molar-refractivity contribution in [1.82, 2.24) is 5.32 Å². The molecule has 0 aliphatic heterocycles. The molecule has 1 aromatic carbocycles. The first-order valence-corrected chi connectivity index (χ1v) is 7.97. The average molecular weight is 349 g/mol. The third-order valence-electron chi connectivity index (χ3n) is 2.92. The smallest absolute Gasteiger partial charge is 0.138 e. The van der Waals surface area contributed by atoms with Crippen LogP contribution in [0.3, 0.4) is 0 Å². The van der Waals surface area contributed by atoms with Crippen LogP contribution in [-0.2, 0) is 0 Å². The third kappa shape index (κ3) is 7.19. The maximum atomic E-state index is 6.08. The van der Waals surface area contributed by atoms with Gasteiger partial charge in [0.2, 0.25) is 0 Å². The van der Waals surface area contributed by atoms with Gasteiger partial charge in [0.05, 0.1) is 5.02 Å². The summed E-state index contributed by atoms with van der Waals surface area (Å²) >= 11 is 9.45. The predicted molar refractivity (Wildman–Crippen MR) is 86.2 cm³/mol. The molecule has 0 bridgehead atoms. The Morgan fingerprint density at radius 3 is 2.63 bits per heavy atom. The predicted octanol–water partition coefficient (Wildman–Crippen LogP) is 4.90. The lowest BCUT2D eigenvalue weighted by Crippen LogP contribution is -2.30. The molecule has 0 radical (unpaired) electrons. The molecule has 0 heterocycles. The molecule has 0 aliphatic carbocycles. The van der Waals surface area contributed by atoms with E-state index >= 15 is 0 Å². The van der Waals surface area contributed by atoms with Crippen LogP contribution in [0.2, 0.25) is 5.02 Å². The summed E-state index contributed by atoms with van der Waals surface area (Å²) < 4.78 is 6.62. The van der Waals surface area contributed by atoms with Crippen molar-refractivity contribution >= 4 is 27.5 Å². The molecule has 1 N–H and O–H groups in total. The first kappa shape index (κ1) is 16.8. The first-order valence-electron chi connectivity index (χ1n) is 6.80. The van der Waals surface area contributed by atoms with Gasteiger partial charge in [0.15, 0.2) is 0 Å². The van der Waals surface area contributed by atoms with E-state index in [1.54, 1.807) is 0 Å². The molecule has 19 heavy (non-hydrogen) atoms. The van der Waals surface area contributed by atoms with Crippen molar-refractivity contribution in [3.05, 3.63) is 27.7 Å². The second-order valence-corrected chi connectivity index (χ2v) is 6.57. The van der Waals surface area contributed by atoms with Gasteiger partial charge in [0, 0.05) is 17.1 Å². The molecule has 4 heteroatoms. The minimum absolute atomic E-state index is 0.534. The van der Waals surface area contributed by atoms with E-state index in [0.29, 0.717) is 17.7 Å². The van der Waals surface area contributed by atoms with E-state index < -0.39 is 0 Å². The SMILES string of the molecule is CC(C)CCC(C)NCCOc1ccc(Br)cc1Cl. The van der Waals surface area contributed by atoms with Crippen LogP contribution in [0.15, 0.2) is 22.7 Å². The molecule has 1 atom stereocenters. The van der Waals surface area contributed by atoms with Crippen LogP contribution >= 0.6 is 27.5 Å². The van der Waals surface area contributed by atoms with Crippen LogP contribution in [0.5, 0.6) is 5.75 Å². The summed E-state index contributed by atoms with van der Waals surface area (Å²) in [4.78, 5) is 0. The Morgan fingerprint density at radius 1 is 1.26 bits per heavy atom. The second kappa shape index (κ2) is 8.83. The topological polar surface area (TPSA) is 21.3 Å². The van der Waals surface area contributed by atoms with Gasteiger partial charge in [0.25, 0.3) is 0 Å². The molecule has 0 aliphatic rings. The minimum atomic E-state index is 0.534. The normalized spacial score (nSPS) is 12.7. The van der Waals surface area contributed by atoms with Gasteiger partial charge in [-0.3, -0.25) is 0 Å². The third-order valence-corrected chi connectivity index (χ3v) is 3.71. The number of rotatable bonds is 8. The summed E-state index contributed by atoms with van der Waals surface area (Å²) in [5.74, 6) is 1.50. The van der Waals surface area contributed by atoms with Gasteiger partial charge in [-0.2, -0.15) is 0 Å². The summed E-state index contributed by atoms with van der Waals surface area (Å²) in [5.41, 5.74) is 0. The molecule has 1 rings (SSSR count). The van der Waals surface area contributed by atoms with Crippen molar-refractivity contribution in [1.29, 1.82) is 0 Å². The van der Waals surface area contributed by atoms with E-state index in [4.69, 9.17) is 16.3 Å². The number of hydrogen-bond acceptors (Lipinski definition) is 2. The zero-order chi connectivity index (χ0) is 14.3. The second-order valence-electron chi connectivity index (χ2n) is 5.25. The molecule has 108 valence electrons. The highest BCUT2D eigenvalue weighted by Gasteiger charge is 2.04. The molecule has 1 aromatic rings. The lowest BCUT2D eigenvalue weighted by Gasteiger charge is -2.15. The van der Waals surface area contributed by atoms with Crippen LogP contribution in [-0.4, -0.2) is 19.2 Å². The Hall–Kier alpha value is -0.250. The number of nitrogens with one attached hydrogen (secondary N) is 1. The van der Waals surface area contributed by atoms with Gasteiger partial charge < -0.3 is 10.1 Å². The Balaban J connectivity index is 2.20. The van der Waals surface area contributed by atoms with Crippen LogP contribution < -0.4 is 10.1 Å². The van der Waals surface area contributed by atoms with Gasteiger partial charge in [-0.05, 0) is 43.9 Å².